The van der Waals surface area contributed by atoms with Crippen LogP contribution in [0.2, 0.25) is 0 Å². The summed E-state index contributed by atoms with van der Waals surface area (Å²) in [4.78, 5) is 0. The van der Waals surface area contributed by atoms with E-state index < -0.39 is 0 Å². The van der Waals surface area contributed by atoms with E-state index in [4.69, 9.17) is 5.11 Å². The van der Waals surface area contributed by atoms with E-state index in [-0.39, 0.29) is 28.5 Å². The van der Waals surface area contributed by atoms with E-state index in [1.165, 1.54) is 0 Å². The first kappa shape index (κ1) is 9.85. The molecular weight excluding hydrogens is 157 g/mol. The van der Waals surface area contributed by atoms with E-state index in [0.717, 1.165) is 6.42 Å². The van der Waals surface area contributed by atoms with Crippen LogP contribution in [0.3, 0.4) is 0 Å². The summed E-state index contributed by atoms with van der Waals surface area (Å²) in [5, 5.41) is 8.36. The van der Waals surface area contributed by atoms with E-state index in [0.29, 0.717) is 0 Å². The van der Waals surface area contributed by atoms with Crippen LogP contribution in [0.1, 0.15) is 20.3 Å². The fourth-order valence-electron chi connectivity index (χ4n) is 0. The summed E-state index contributed by atoms with van der Waals surface area (Å²) in [6, 6.07) is 0. The van der Waals surface area contributed by atoms with Gasteiger partial charge in [-0.05, 0) is 13.3 Å². The summed E-state index contributed by atoms with van der Waals surface area (Å²) in [6.45, 7) is 3.73. The number of hydrogen-bond donors (Lipinski definition) is 1. The van der Waals surface area contributed by atoms with Crippen LogP contribution in [0.15, 0.2) is 0 Å². The van der Waals surface area contributed by atoms with Crippen LogP contribution in [-0.4, -0.2) is 11.2 Å². The van der Waals surface area contributed by atoms with Crippen molar-refractivity contribution in [3.63, 3.8) is 0 Å². The molecule has 2 heteroatoms. The maximum absolute atomic E-state index is 8.36. The maximum Gasteiger partial charge on any atom is 0.0509 e. The zero-order chi connectivity index (χ0) is 4.28. The fourth-order valence-corrected chi connectivity index (χ4v) is 0. The Hall–Kier alpha value is 0.700. The molecule has 1 unspecified atom stereocenters. The first-order valence-electron chi connectivity index (χ1n) is 1.95. The van der Waals surface area contributed by atoms with Crippen molar-refractivity contribution in [3.05, 3.63) is 0 Å². The van der Waals surface area contributed by atoms with Crippen LogP contribution >= 0.6 is 0 Å². The summed E-state index contributed by atoms with van der Waals surface area (Å²) < 4.78 is 0. The van der Waals surface area contributed by atoms with Gasteiger partial charge in [0.05, 0.1) is 6.10 Å². The largest absolute Gasteiger partial charge is 0.393 e. The molecule has 1 N–H and O–H groups in total. The molecule has 1 atom stereocenters. The SMILES string of the molecule is CCC(C)O.[Nb]. The van der Waals surface area contributed by atoms with E-state index in [1.54, 1.807) is 6.92 Å². The third-order valence-electron chi connectivity index (χ3n) is 0.591. The monoisotopic (exact) mass is 167 g/mol. The Morgan fingerprint density at radius 3 is 1.83 bits per heavy atom. The van der Waals surface area contributed by atoms with Gasteiger partial charge < -0.3 is 5.11 Å². The van der Waals surface area contributed by atoms with Gasteiger partial charge >= 0.3 is 0 Å². The van der Waals surface area contributed by atoms with Gasteiger partial charge in [0, 0.05) is 22.4 Å². The van der Waals surface area contributed by atoms with E-state index in [1.807, 2.05) is 6.92 Å². The van der Waals surface area contributed by atoms with Gasteiger partial charge in [-0.3, -0.25) is 0 Å². The van der Waals surface area contributed by atoms with Gasteiger partial charge in [-0.2, -0.15) is 0 Å². The number of rotatable bonds is 1. The predicted molar refractivity (Wildman–Crippen MR) is 22.0 cm³/mol. The summed E-state index contributed by atoms with van der Waals surface area (Å²) >= 11 is 0. The normalized spacial score (nSPS) is 12.5. The van der Waals surface area contributed by atoms with Crippen LogP contribution in [0.4, 0.5) is 0 Å². The molecule has 37 valence electrons. The van der Waals surface area contributed by atoms with Crippen molar-refractivity contribution in [2.75, 3.05) is 0 Å². The predicted octanol–water partition coefficient (Wildman–Crippen LogP) is 0.775. The van der Waals surface area contributed by atoms with Crippen molar-refractivity contribution in [1.29, 1.82) is 0 Å². The Morgan fingerprint density at radius 1 is 1.67 bits per heavy atom. The van der Waals surface area contributed by atoms with Crippen LogP contribution in [-0.2, 0) is 22.4 Å². The first-order chi connectivity index (χ1) is 2.27. The molecule has 0 heterocycles. The molecule has 0 aliphatic rings. The summed E-state index contributed by atoms with van der Waals surface area (Å²) in [5.41, 5.74) is 0. The minimum absolute atomic E-state index is 0. The smallest absolute Gasteiger partial charge is 0.0509 e. The standard InChI is InChI=1S/C4H10O.Nb/c1-3-4(2)5;/h4-5H,3H2,1-2H3;. The van der Waals surface area contributed by atoms with Gasteiger partial charge in [-0.1, -0.05) is 6.92 Å². The second-order valence-electron chi connectivity index (χ2n) is 1.26. The van der Waals surface area contributed by atoms with Gasteiger partial charge in [0.1, 0.15) is 0 Å². The molecule has 1 radical (unpaired) electrons. The Kier molecular flexibility index (Phi) is 9.36. The Bertz CT molecular complexity index is 21.5. The fraction of sp³-hybridized carbons (Fsp3) is 1.00. The average Bonchev–Trinajstić information content (AvgIpc) is 1.38. The number of aliphatic hydroxyl groups excluding tert-OH is 1. The molecular formula is C4H10NbO. The molecule has 0 saturated carbocycles. The van der Waals surface area contributed by atoms with Crippen LogP contribution < -0.4 is 0 Å². The molecule has 0 saturated heterocycles. The van der Waals surface area contributed by atoms with Crippen molar-refractivity contribution in [2.45, 2.75) is 26.4 Å². The molecule has 0 aromatic heterocycles. The van der Waals surface area contributed by atoms with Crippen molar-refractivity contribution in [1.82, 2.24) is 0 Å². The van der Waals surface area contributed by atoms with E-state index in [9.17, 15) is 0 Å². The van der Waals surface area contributed by atoms with Crippen molar-refractivity contribution in [3.8, 4) is 0 Å². The minimum atomic E-state index is -0.116. The number of aliphatic hydroxyl groups is 1. The third kappa shape index (κ3) is 8.83. The van der Waals surface area contributed by atoms with Crippen molar-refractivity contribution in [2.24, 2.45) is 0 Å². The Balaban J connectivity index is 0. The second-order valence-corrected chi connectivity index (χ2v) is 1.26. The van der Waals surface area contributed by atoms with Gasteiger partial charge in [-0.25, -0.2) is 0 Å². The molecule has 0 aromatic rings. The topological polar surface area (TPSA) is 20.2 Å². The molecule has 6 heavy (non-hydrogen) atoms. The molecule has 0 aliphatic heterocycles. The van der Waals surface area contributed by atoms with Crippen molar-refractivity contribution >= 4 is 0 Å². The van der Waals surface area contributed by atoms with Crippen LogP contribution in [0.25, 0.3) is 0 Å². The molecule has 1 nitrogen and oxygen atoms in total. The Labute approximate surface area is 54.3 Å². The molecule has 0 aromatic carbocycles. The molecule has 0 aliphatic carbocycles. The van der Waals surface area contributed by atoms with Crippen LogP contribution in [0.5, 0.6) is 0 Å². The quantitative estimate of drug-likeness (QED) is 0.572. The van der Waals surface area contributed by atoms with E-state index in [2.05, 4.69) is 0 Å². The maximum atomic E-state index is 8.36. The van der Waals surface area contributed by atoms with Gasteiger partial charge in [0.25, 0.3) is 0 Å². The minimum Gasteiger partial charge on any atom is -0.393 e. The van der Waals surface area contributed by atoms with Crippen LogP contribution in [0, 0.1) is 0 Å². The first-order valence-corrected chi connectivity index (χ1v) is 1.95. The molecule has 0 rings (SSSR count). The van der Waals surface area contributed by atoms with E-state index >= 15 is 0 Å². The molecule has 0 fully saturated rings. The van der Waals surface area contributed by atoms with Gasteiger partial charge in [0.2, 0.25) is 0 Å². The van der Waals surface area contributed by atoms with Gasteiger partial charge in [0.15, 0.2) is 0 Å². The second kappa shape index (κ2) is 5.70. The molecule has 0 bridgehead atoms. The third-order valence-corrected chi connectivity index (χ3v) is 0.591. The van der Waals surface area contributed by atoms with Gasteiger partial charge in [-0.15, -0.1) is 0 Å². The summed E-state index contributed by atoms with van der Waals surface area (Å²) in [6.07, 6.45) is 0.745. The number of hydrogen-bond acceptors (Lipinski definition) is 1. The average molecular weight is 167 g/mol. The Morgan fingerprint density at radius 2 is 1.83 bits per heavy atom. The molecule has 0 spiro atoms. The zero-order valence-corrected chi connectivity index (χ0v) is 6.38. The van der Waals surface area contributed by atoms with Crippen molar-refractivity contribution < 1.29 is 27.5 Å². The zero-order valence-electron chi connectivity index (χ0n) is 4.18. The summed E-state index contributed by atoms with van der Waals surface area (Å²) in [5.74, 6) is 0. The molecule has 0 amide bonds. The summed E-state index contributed by atoms with van der Waals surface area (Å²) in [7, 11) is 0.